The zero-order valence-corrected chi connectivity index (χ0v) is 15.1. The van der Waals surface area contributed by atoms with Crippen molar-refractivity contribution in [3.05, 3.63) is 37.7 Å². The molecule has 0 aliphatic rings. The molecular weight excluding hydrogens is 366 g/mol. The number of methoxy groups -OCH3 is 1. The van der Waals surface area contributed by atoms with Crippen LogP contribution in [0, 0.1) is 0 Å². The van der Waals surface area contributed by atoms with Crippen LogP contribution in [0.15, 0.2) is 28.5 Å². The Balaban J connectivity index is 2.35. The molecular formula is C13H14ClNO4S3. The van der Waals surface area contributed by atoms with Gasteiger partial charge in [0.15, 0.2) is 0 Å². The summed E-state index contributed by atoms with van der Waals surface area (Å²) in [6.07, 6.45) is 0. The Kier molecular flexibility index (Phi) is 5.62. The normalized spacial score (nSPS) is 11.8. The number of carbonyl (C=O) groups is 1. The van der Waals surface area contributed by atoms with E-state index < -0.39 is 16.0 Å². The molecule has 2 aromatic heterocycles. The Bertz CT molecular complexity index is 766. The molecule has 0 radical (unpaired) electrons. The van der Waals surface area contributed by atoms with Gasteiger partial charge < -0.3 is 4.74 Å². The predicted molar refractivity (Wildman–Crippen MR) is 88.3 cm³/mol. The molecule has 2 aromatic rings. The Morgan fingerprint density at radius 1 is 1.36 bits per heavy atom. The van der Waals surface area contributed by atoms with Crippen LogP contribution in [-0.4, -0.2) is 32.3 Å². The maximum Gasteiger partial charge on any atom is 0.349 e. The largest absolute Gasteiger partial charge is 0.465 e. The van der Waals surface area contributed by atoms with Gasteiger partial charge in [0.25, 0.3) is 0 Å². The molecule has 0 saturated heterocycles. The van der Waals surface area contributed by atoms with E-state index in [9.17, 15) is 13.2 Å². The van der Waals surface area contributed by atoms with E-state index in [1.54, 1.807) is 24.4 Å². The molecule has 0 N–H and O–H groups in total. The van der Waals surface area contributed by atoms with Crippen LogP contribution in [0.5, 0.6) is 0 Å². The van der Waals surface area contributed by atoms with Gasteiger partial charge in [-0.05, 0) is 23.6 Å². The molecule has 9 heteroatoms. The van der Waals surface area contributed by atoms with Crippen LogP contribution in [0.25, 0.3) is 0 Å². The number of ether oxygens (including phenoxy) is 1. The van der Waals surface area contributed by atoms with Gasteiger partial charge in [0.2, 0.25) is 10.0 Å². The fraction of sp³-hybridized carbons (Fsp3) is 0.308. The summed E-state index contributed by atoms with van der Waals surface area (Å²) in [4.78, 5) is 12.6. The molecule has 0 unspecified atom stereocenters. The lowest BCUT2D eigenvalue weighted by molar-refractivity contribution is 0.0602. The third kappa shape index (κ3) is 3.52. The quantitative estimate of drug-likeness (QED) is 0.721. The molecule has 0 aliphatic carbocycles. The standard InChI is InChI=1S/C13H14ClNO4S3/c1-3-15(8-9-4-5-11(14)21-9)22(17,18)10-6-7-20-12(10)13(16)19-2/h4-7H,3,8H2,1-2H3. The van der Waals surface area contributed by atoms with E-state index in [0.29, 0.717) is 4.34 Å². The molecule has 0 saturated carbocycles. The molecule has 0 aromatic carbocycles. The first-order valence-electron chi connectivity index (χ1n) is 6.30. The molecule has 2 heterocycles. The monoisotopic (exact) mass is 379 g/mol. The molecule has 0 bridgehead atoms. The van der Waals surface area contributed by atoms with Crippen molar-refractivity contribution < 1.29 is 17.9 Å². The molecule has 2 rings (SSSR count). The maximum atomic E-state index is 12.8. The minimum atomic E-state index is -3.78. The van der Waals surface area contributed by atoms with Gasteiger partial charge in [-0.15, -0.1) is 22.7 Å². The van der Waals surface area contributed by atoms with Crippen LogP contribution in [0.1, 0.15) is 21.5 Å². The number of rotatable bonds is 6. The zero-order valence-electron chi connectivity index (χ0n) is 11.9. The summed E-state index contributed by atoms with van der Waals surface area (Å²) in [5, 5.41) is 1.56. The smallest absolute Gasteiger partial charge is 0.349 e. The van der Waals surface area contributed by atoms with Gasteiger partial charge in [0, 0.05) is 18.0 Å². The van der Waals surface area contributed by atoms with Crippen molar-refractivity contribution in [2.45, 2.75) is 18.4 Å². The van der Waals surface area contributed by atoms with Crippen LogP contribution in [-0.2, 0) is 21.3 Å². The highest BCUT2D eigenvalue weighted by Gasteiger charge is 2.30. The topological polar surface area (TPSA) is 63.7 Å². The van der Waals surface area contributed by atoms with Crippen LogP contribution >= 0.6 is 34.3 Å². The first kappa shape index (κ1) is 17.4. The first-order chi connectivity index (χ1) is 10.4. The van der Waals surface area contributed by atoms with E-state index in [-0.39, 0.29) is 22.9 Å². The van der Waals surface area contributed by atoms with Crippen LogP contribution < -0.4 is 0 Å². The second-order valence-corrected chi connectivity index (χ2v) is 8.86. The number of hydrogen-bond donors (Lipinski definition) is 0. The number of esters is 1. The fourth-order valence-corrected chi connectivity index (χ4v) is 5.78. The molecule has 0 atom stereocenters. The lowest BCUT2D eigenvalue weighted by Crippen LogP contribution is -2.30. The third-order valence-electron chi connectivity index (χ3n) is 2.93. The van der Waals surface area contributed by atoms with Crippen molar-refractivity contribution >= 4 is 50.3 Å². The van der Waals surface area contributed by atoms with Crippen LogP contribution in [0.4, 0.5) is 0 Å². The van der Waals surface area contributed by atoms with Gasteiger partial charge in [-0.2, -0.15) is 4.31 Å². The molecule has 120 valence electrons. The Hall–Kier alpha value is -0.930. The van der Waals surface area contributed by atoms with Crippen LogP contribution in [0.3, 0.4) is 0 Å². The summed E-state index contributed by atoms with van der Waals surface area (Å²) in [5.74, 6) is -0.649. The van der Waals surface area contributed by atoms with E-state index in [1.807, 2.05) is 0 Å². The Morgan fingerprint density at radius 2 is 2.09 bits per heavy atom. The highest BCUT2D eigenvalue weighted by atomic mass is 35.5. The molecule has 0 spiro atoms. The Morgan fingerprint density at radius 3 is 2.64 bits per heavy atom. The minimum Gasteiger partial charge on any atom is -0.465 e. The second kappa shape index (κ2) is 7.10. The van der Waals surface area contributed by atoms with E-state index in [0.717, 1.165) is 16.2 Å². The highest BCUT2D eigenvalue weighted by Crippen LogP contribution is 2.29. The van der Waals surface area contributed by atoms with Crippen molar-refractivity contribution in [2.24, 2.45) is 0 Å². The van der Waals surface area contributed by atoms with E-state index in [1.165, 1.54) is 28.8 Å². The van der Waals surface area contributed by atoms with Crippen molar-refractivity contribution in [2.75, 3.05) is 13.7 Å². The average Bonchev–Trinajstić information content (AvgIpc) is 3.12. The van der Waals surface area contributed by atoms with Gasteiger partial charge in [0.1, 0.15) is 9.77 Å². The molecule has 5 nitrogen and oxygen atoms in total. The molecule has 22 heavy (non-hydrogen) atoms. The van der Waals surface area contributed by atoms with E-state index in [4.69, 9.17) is 11.6 Å². The lowest BCUT2D eigenvalue weighted by Gasteiger charge is -2.19. The SMILES string of the molecule is CCN(Cc1ccc(Cl)s1)S(=O)(=O)c1ccsc1C(=O)OC. The number of halogens is 1. The van der Waals surface area contributed by atoms with Crippen LogP contribution in [0.2, 0.25) is 4.34 Å². The van der Waals surface area contributed by atoms with Gasteiger partial charge in [-0.3, -0.25) is 0 Å². The van der Waals surface area contributed by atoms with Gasteiger partial charge in [-0.1, -0.05) is 18.5 Å². The van der Waals surface area contributed by atoms with E-state index >= 15 is 0 Å². The number of sulfonamides is 1. The predicted octanol–water partition coefficient (Wildman–Crippen LogP) is 3.46. The maximum absolute atomic E-state index is 12.8. The summed E-state index contributed by atoms with van der Waals surface area (Å²) in [6, 6.07) is 4.95. The van der Waals surface area contributed by atoms with E-state index in [2.05, 4.69) is 4.74 Å². The summed E-state index contributed by atoms with van der Waals surface area (Å²) in [7, 11) is -2.55. The summed E-state index contributed by atoms with van der Waals surface area (Å²) in [5.41, 5.74) is 0. The first-order valence-corrected chi connectivity index (χ1v) is 9.81. The van der Waals surface area contributed by atoms with Crippen molar-refractivity contribution in [1.29, 1.82) is 0 Å². The second-order valence-electron chi connectivity index (χ2n) is 4.24. The highest BCUT2D eigenvalue weighted by molar-refractivity contribution is 7.89. The number of thiophene rings is 2. The van der Waals surface area contributed by atoms with Crippen molar-refractivity contribution in [3.63, 3.8) is 0 Å². The Labute approximate surface area is 142 Å². The fourth-order valence-electron chi connectivity index (χ4n) is 1.86. The molecule has 0 amide bonds. The number of nitrogens with zero attached hydrogens (tertiary/aromatic N) is 1. The van der Waals surface area contributed by atoms with Gasteiger partial charge in [0.05, 0.1) is 11.4 Å². The van der Waals surface area contributed by atoms with Crippen molar-refractivity contribution in [1.82, 2.24) is 4.31 Å². The summed E-state index contributed by atoms with van der Waals surface area (Å²) >= 11 is 8.26. The number of hydrogen-bond acceptors (Lipinski definition) is 6. The van der Waals surface area contributed by atoms with Gasteiger partial charge >= 0.3 is 5.97 Å². The molecule has 0 aliphatic heterocycles. The lowest BCUT2D eigenvalue weighted by atomic mass is 10.4. The zero-order chi connectivity index (χ0) is 16.3. The minimum absolute atomic E-state index is 0.0196. The summed E-state index contributed by atoms with van der Waals surface area (Å²) < 4.78 is 32.1. The third-order valence-corrected chi connectivity index (χ3v) is 7.13. The number of carbonyl (C=O) groups excluding carboxylic acids is 1. The van der Waals surface area contributed by atoms with Crippen molar-refractivity contribution in [3.8, 4) is 0 Å². The average molecular weight is 380 g/mol. The molecule has 0 fully saturated rings. The summed E-state index contributed by atoms with van der Waals surface area (Å²) in [6.45, 7) is 2.25. The van der Waals surface area contributed by atoms with Gasteiger partial charge in [-0.25, -0.2) is 13.2 Å².